The molecule has 0 saturated carbocycles. The third kappa shape index (κ3) is 4.86. The van der Waals surface area contributed by atoms with Gasteiger partial charge in [0.1, 0.15) is 22.8 Å². The fraction of sp³-hybridized carbons (Fsp3) is 0. The largest absolute Gasteiger partial charge is 0.436 e. The summed E-state index contributed by atoms with van der Waals surface area (Å²) in [4.78, 5) is 14.5. The van der Waals surface area contributed by atoms with Gasteiger partial charge in [0.05, 0.1) is 15.6 Å². The molecule has 0 fully saturated rings. The molecule has 0 spiro atoms. The van der Waals surface area contributed by atoms with Gasteiger partial charge >= 0.3 is 0 Å². The number of rotatable bonds is 5. The second kappa shape index (κ2) is 9.00. The van der Waals surface area contributed by atoms with Gasteiger partial charge in [-0.2, -0.15) is 13.2 Å². The molecule has 0 saturated heterocycles. The van der Waals surface area contributed by atoms with Gasteiger partial charge in [0.15, 0.2) is 0 Å². The highest BCUT2D eigenvalue weighted by Gasteiger charge is 2.18. The number of carbonyl (C=O) groups excluding carboxylic acids is 1. The number of sulfonamides is 1. The van der Waals surface area contributed by atoms with Crippen LogP contribution in [0.25, 0.3) is 11.0 Å². The van der Waals surface area contributed by atoms with Crippen molar-refractivity contribution in [2.24, 2.45) is 5.10 Å². The Balaban J connectivity index is 1.77. The normalized spacial score (nSPS) is 12.0. The smallest absolute Gasteiger partial charge is 0.276 e. The number of carbonyl (C=O) groups is 1. The minimum Gasteiger partial charge on any atom is -0.436 e. The lowest BCUT2D eigenvalue weighted by Crippen LogP contribution is -2.27. The SMILES string of the molecule is O=C(Nc1ccccc1F)c1cc2ccccc2o/c1=N\NS(=O)(=O)c1ccc(F)c(Cl)c1. The Labute approximate surface area is 191 Å². The van der Waals surface area contributed by atoms with Crippen molar-refractivity contribution in [3.63, 3.8) is 0 Å². The van der Waals surface area contributed by atoms with Crippen LogP contribution in [0.15, 0.2) is 87.2 Å². The van der Waals surface area contributed by atoms with E-state index in [2.05, 4.69) is 10.4 Å². The molecule has 3 aromatic carbocycles. The van der Waals surface area contributed by atoms with Crippen LogP contribution in [-0.2, 0) is 10.0 Å². The van der Waals surface area contributed by atoms with Crippen molar-refractivity contribution < 1.29 is 26.4 Å². The summed E-state index contributed by atoms with van der Waals surface area (Å²) in [6, 6.07) is 16.4. The maximum absolute atomic E-state index is 14.0. The number of nitrogens with one attached hydrogen (secondary N) is 2. The van der Waals surface area contributed by atoms with E-state index in [-0.39, 0.29) is 21.7 Å². The van der Waals surface area contributed by atoms with E-state index in [1.54, 1.807) is 24.3 Å². The lowest BCUT2D eigenvalue weighted by atomic mass is 10.1. The Morgan fingerprint density at radius 2 is 1.67 bits per heavy atom. The van der Waals surface area contributed by atoms with Gasteiger partial charge in [0.2, 0.25) is 5.55 Å². The van der Waals surface area contributed by atoms with Gasteiger partial charge in [-0.1, -0.05) is 41.9 Å². The predicted molar refractivity (Wildman–Crippen MR) is 118 cm³/mol. The second-order valence-electron chi connectivity index (χ2n) is 6.72. The highest BCUT2D eigenvalue weighted by molar-refractivity contribution is 7.89. The van der Waals surface area contributed by atoms with E-state index in [1.165, 1.54) is 30.3 Å². The van der Waals surface area contributed by atoms with Crippen LogP contribution in [0.3, 0.4) is 0 Å². The number of benzene rings is 3. The monoisotopic (exact) mass is 489 g/mol. The van der Waals surface area contributed by atoms with Gasteiger partial charge in [-0.3, -0.25) is 4.79 Å². The number of halogens is 3. The number of para-hydroxylation sites is 2. The molecule has 2 N–H and O–H groups in total. The van der Waals surface area contributed by atoms with Crippen LogP contribution in [0.5, 0.6) is 0 Å². The summed E-state index contributed by atoms with van der Waals surface area (Å²) in [5, 5.41) is 6.29. The van der Waals surface area contributed by atoms with Crippen molar-refractivity contribution >= 4 is 44.2 Å². The molecular formula is C22H14ClF2N3O4S. The van der Waals surface area contributed by atoms with Crippen LogP contribution in [0.2, 0.25) is 5.02 Å². The standard InChI is InChI=1S/C22H14ClF2N3O4S/c23-16-12-14(9-10-17(16)24)33(30,31)28-27-22-15(11-13-5-1-4-8-20(13)32-22)21(29)26-19-7-3-2-6-18(19)25/h1-12,28H,(H,26,29)/b27-22-. The molecule has 168 valence electrons. The molecule has 1 aromatic heterocycles. The number of nitrogens with zero attached hydrogens (tertiary/aromatic N) is 1. The van der Waals surface area contributed by atoms with Gasteiger partial charge in [0, 0.05) is 5.39 Å². The van der Waals surface area contributed by atoms with Crippen molar-refractivity contribution in [1.82, 2.24) is 4.83 Å². The number of fused-ring (bicyclic) bond motifs is 1. The van der Waals surface area contributed by atoms with Crippen LogP contribution in [0.4, 0.5) is 14.5 Å². The molecule has 0 aliphatic heterocycles. The topological polar surface area (TPSA) is 101 Å². The maximum atomic E-state index is 14.0. The molecule has 0 unspecified atom stereocenters. The molecule has 0 aliphatic carbocycles. The quantitative estimate of drug-likeness (QED) is 0.405. The Morgan fingerprint density at radius 3 is 2.42 bits per heavy atom. The van der Waals surface area contributed by atoms with Crippen LogP contribution in [0, 0.1) is 11.6 Å². The van der Waals surface area contributed by atoms with Crippen molar-refractivity contribution in [3.8, 4) is 0 Å². The highest BCUT2D eigenvalue weighted by Crippen LogP contribution is 2.20. The van der Waals surface area contributed by atoms with Crippen molar-refractivity contribution in [2.45, 2.75) is 4.90 Å². The number of anilines is 1. The first-order chi connectivity index (χ1) is 15.7. The zero-order valence-corrected chi connectivity index (χ0v) is 18.1. The van der Waals surface area contributed by atoms with Crippen LogP contribution in [-0.4, -0.2) is 14.3 Å². The zero-order valence-electron chi connectivity index (χ0n) is 16.6. The molecule has 0 bridgehead atoms. The number of hydrogen-bond acceptors (Lipinski definition) is 5. The minimum atomic E-state index is -4.28. The van der Waals surface area contributed by atoms with E-state index < -0.39 is 32.6 Å². The van der Waals surface area contributed by atoms with E-state index in [0.717, 1.165) is 18.2 Å². The first-order valence-corrected chi connectivity index (χ1v) is 11.2. The van der Waals surface area contributed by atoms with Gasteiger partial charge in [0.25, 0.3) is 15.9 Å². The second-order valence-corrected chi connectivity index (χ2v) is 8.79. The van der Waals surface area contributed by atoms with Gasteiger partial charge < -0.3 is 9.73 Å². The molecule has 1 amide bonds. The summed E-state index contributed by atoms with van der Waals surface area (Å²) in [7, 11) is -4.28. The molecule has 4 aromatic rings. The predicted octanol–water partition coefficient (Wildman–Crippen LogP) is 4.41. The number of amides is 1. The third-order valence-corrected chi connectivity index (χ3v) is 5.99. The Bertz CT molecular complexity index is 1560. The summed E-state index contributed by atoms with van der Waals surface area (Å²) >= 11 is 5.66. The Morgan fingerprint density at radius 1 is 0.939 bits per heavy atom. The van der Waals surface area contributed by atoms with Crippen LogP contribution in [0.1, 0.15) is 10.4 Å². The number of hydrogen-bond donors (Lipinski definition) is 2. The maximum Gasteiger partial charge on any atom is 0.276 e. The highest BCUT2D eigenvalue weighted by atomic mass is 35.5. The molecular weight excluding hydrogens is 476 g/mol. The summed E-state index contributed by atoms with van der Waals surface area (Å²) in [5.74, 6) is -2.22. The van der Waals surface area contributed by atoms with Crippen molar-refractivity contribution in [1.29, 1.82) is 0 Å². The average Bonchev–Trinajstić information content (AvgIpc) is 2.80. The van der Waals surface area contributed by atoms with Crippen LogP contribution >= 0.6 is 11.6 Å². The van der Waals surface area contributed by atoms with Gasteiger partial charge in [-0.15, -0.1) is 5.10 Å². The molecule has 0 aliphatic rings. The van der Waals surface area contributed by atoms with Crippen molar-refractivity contribution in [2.75, 3.05) is 5.32 Å². The first kappa shape index (κ1) is 22.4. The third-order valence-electron chi connectivity index (χ3n) is 4.49. The molecule has 11 heteroatoms. The molecule has 1 heterocycles. The summed E-state index contributed by atoms with van der Waals surface area (Å²) in [5.41, 5.74) is -0.290. The molecule has 0 atom stereocenters. The molecule has 33 heavy (non-hydrogen) atoms. The van der Waals surface area contributed by atoms with E-state index >= 15 is 0 Å². The zero-order chi connectivity index (χ0) is 23.6. The molecule has 0 radical (unpaired) electrons. The van der Waals surface area contributed by atoms with E-state index in [0.29, 0.717) is 11.0 Å². The average molecular weight is 490 g/mol. The summed E-state index contributed by atoms with van der Waals surface area (Å²) < 4.78 is 58.1. The van der Waals surface area contributed by atoms with E-state index in [4.69, 9.17) is 16.0 Å². The fourth-order valence-corrected chi connectivity index (χ4v) is 3.94. The van der Waals surface area contributed by atoms with E-state index in [1.807, 2.05) is 4.83 Å². The van der Waals surface area contributed by atoms with E-state index in [9.17, 15) is 22.0 Å². The lowest BCUT2D eigenvalue weighted by Gasteiger charge is -2.08. The summed E-state index contributed by atoms with van der Waals surface area (Å²) in [6.07, 6.45) is 0. The molecule has 4 rings (SSSR count). The lowest BCUT2D eigenvalue weighted by molar-refractivity contribution is 0.102. The Kier molecular flexibility index (Phi) is 6.12. The van der Waals surface area contributed by atoms with Crippen molar-refractivity contribution in [3.05, 3.63) is 101 Å². The van der Waals surface area contributed by atoms with Crippen LogP contribution < -0.4 is 15.7 Å². The fourth-order valence-electron chi connectivity index (χ4n) is 2.87. The summed E-state index contributed by atoms with van der Waals surface area (Å²) in [6.45, 7) is 0. The first-order valence-electron chi connectivity index (χ1n) is 9.34. The van der Waals surface area contributed by atoms with Gasteiger partial charge in [-0.05, 0) is 42.5 Å². The minimum absolute atomic E-state index is 0.0804. The van der Waals surface area contributed by atoms with Gasteiger partial charge in [-0.25, -0.2) is 8.78 Å². The Hall–Kier alpha value is -3.76. The molecule has 7 nitrogen and oxygen atoms in total.